The molecule has 0 heterocycles. The van der Waals surface area contributed by atoms with Gasteiger partial charge < -0.3 is 9.47 Å². The molecule has 0 fully saturated rings. The predicted molar refractivity (Wildman–Crippen MR) is 64.7 cm³/mol. The molecule has 0 amide bonds. The first-order valence-electron chi connectivity index (χ1n) is 4.59. The maximum Gasteiger partial charge on any atom is 0.339 e. The third-order valence-corrected chi connectivity index (χ3v) is 2.98. The van der Waals surface area contributed by atoms with Crippen LogP contribution in [0, 0.1) is 0 Å². The van der Waals surface area contributed by atoms with Crippen molar-refractivity contribution in [2.75, 3.05) is 14.2 Å². The summed E-state index contributed by atoms with van der Waals surface area (Å²) >= 11 is 0. The molecule has 1 aromatic carbocycles. The Hall–Kier alpha value is -0.930. The Morgan fingerprint density at radius 1 is 1.11 bits per heavy atom. The molecule has 0 aromatic heterocycles. The largest absolute Gasteiger partial charge is 0.465 e. The van der Waals surface area contributed by atoms with Crippen LogP contribution in [-0.4, -0.2) is 68.7 Å². The Labute approximate surface area is 131 Å². The van der Waals surface area contributed by atoms with E-state index in [1.54, 1.807) is 0 Å². The molecule has 0 saturated carbocycles. The van der Waals surface area contributed by atoms with Gasteiger partial charge in [-0.3, -0.25) is 4.55 Å². The number of carbonyl (C=O) groups is 2. The van der Waals surface area contributed by atoms with E-state index < -0.39 is 27.0 Å². The van der Waals surface area contributed by atoms with Gasteiger partial charge in [0.15, 0.2) is 0 Å². The van der Waals surface area contributed by atoms with Crippen LogP contribution in [0.5, 0.6) is 0 Å². The van der Waals surface area contributed by atoms with Crippen molar-refractivity contribution in [3.8, 4) is 0 Å². The quantitative estimate of drug-likeness (QED) is 0.480. The van der Waals surface area contributed by atoms with Crippen LogP contribution in [-0.2, 0) is 19.6 Å². The van der Waals surface area contributed by atoms with Gasteiger partial charge in [-0.1, -0.05) is 0 Å². The number of benzene rings is 1. The van der Waals surface area contributed by atoms with Crippen LogP contribution in [0.2, 0.25) is 0 Å². The van der Waals surface area contributed by atoms with Gasteiger partial charge in [0.1, 0.15) is 4.90 Å². The second kappa shape index (κ2) is 7.01. The van der Waals surface area contributed by atoms with Crippen LogP contribution in [0.3, 0.4) is 0 Å². The molecule has 1 radical (unpaired) electrons. The third kappa shape index (κ3) is 4.29. The molecule has 1 aromatic rings. The van der Waals surface area contributed by atoms with Crippen molar-refractivity contribution in [1.82, 2.24) is 0 Å². The Morgan fingerprint density at radius 2 is 1.63 bits per heavy atom. The van der Waals surface area contributed by atoms with Gasteiger partial charge in [0.05, 0.1) is 25.3 Å². The predicted octanol–water partition coefficient (Wildman–Crippen LogP) is 0.126. The van der Waals surface area contributed by atoms with E-state index in [2.05, 4.69) is 9.47 Å². The van der Waals surface area contributed by atoms with Gasteiger partial charge in [0.2, 0.25) is 0 Å². The molecule has 0 aliphatic rings. The molecule has 0 bridgehead atoms. The summed E-state index contributed by atoms with van der Waals surface area (Å²) in [4.78, 5) is 21.8. The third-order valence-electron chi connectivity index (χ3n) is 2.09. The molecule has 0 aliphatic heterocycles. The molecule has 1 N–H and O–H groups in total. The van der Waals surface area contributed by atoms with E-state index in [-0.39, 0.29) is 40.7 Å². The Balaban J connectivity index is 0.00000324. The Kier molecular flexibility index (Phi) is 6.67. The van der Waals surface area contributed by atoms with E-state index in [1.807, 2.05) is 0 Å². The summed E-state index contributed by atoms with van der Waals surface area (Å²) in [6, 6.07) is 3.08. The molecule has 0 aliphatic carbocycles. The maximum atomic E-state index is 11.3. The summed E-state index contributed by atoms with van der Waals surface area (Å²) in [5, 5.41) is 0. The van der Waals surface area contributed by atoms with Crippen LogP contribution in [0.25, 0.3) is 0 Å². The van der Waals surface area contributed by atoms with Crippen LogP contribution < -0.4 is 0 Å². The zero-order valence-corrected chi connectivity index (χ0v) is 13.4. The van der Waals surface area contributed by atoms with E-state index in [4.69, 9.17) is 4.55 Å². The van der Waals surface area contributed by atoms with Crippen molar-refractivity contribution < 1.29 is 32.0 Å². The van der Waals surface area contributed by atoms with Gasteiger partial charge in [0, 0.05) is 29.6 Å². The average Bonchev–Trinajstić information content (AvgIpc) is 2.35. The van der Waals surface area contributed by atoms with Crippen LogP contribution in [0.15, 0.2) is 23.1 Å². The smallest absolute Gasteiger partial charge is 0.339 e. The second-order valence-corrected chi connectivity index (χ2v) is 4.56. The fourth-order valence-electron chi connectivity index (χ4n) is 1.26. The summed E-state index contributed by atoms with van der Waals surface area (Å²) in [5.74, 6) is -1.74. The topological polar surface area (TPSA) is 107 Å². The first-order valence-corrected chi connectivity index (χ1v) is 6.03. The van der Waals surface area contributed by atoms with E-state index in [9.17, 15) is 18.0 Å². The zero-order chi connectivity index (χ0) is 13.9. The standard InChI is InChI=1S/C10H10O7S.Na/c1-16-9(11)6-3-4-7(10(12)17-2)8(5-6)18(13,14)15;/h3-5H,1-2H3,(H,13,14,15);. The van der Waals surface area contributed by atoms with Gasteiger partial charge in [0.25, 0.3) is 10.1 Å². The normalized spacial score (nSPS) is 10.3. The van der Waals surface area contributed by atoms with Gasteiger partial charge in [-0.05, 0) is 18.2 Å². The molecule has 0 saturated heterocycles. The molecular weight excluding hydrogens is 287 g/mol. The molecule has 0 atom stereocenters. The van der Waals surface area contributed by atoms with Gasteiger partial charge in [-0.15, -0.1) is 0 Å². The summed E-state index contributed by atoms with van der Waals surface area (Å²) in [5.41, 5.74) is -0.481. The molecule has 19 heavy (non-hydrogen) atoms. The van der Waals surface area contributed by atoms with Crippen LogP contribution >= 0.6 is 0 Å². The molecule has 1 rings (SSSR count). The molecule has 7 nitrogen and oxygen atoms in total. The summed E-state index contributed by atoms with van der Waals surface area (Å²) < 4.78 is 40.0. The second-order valence-electron chi connectivity index (χ2n) is 3.17. The SMILES string of the molecule is COC(=O)c1ccc(C(=O)OC)c(S(=O)(=O)O)c1.[Na]. The van der Waals surface area contributed by atoms with E-state index in [0.717, 1.165) is 26.4 Å². The minimum Gasteiger partial charge on any atom is -0.465 e. The number of ether oxygens (including phenoxy) is 2. The van der Waals surface area contributed by atoms with Crippen molar-refractivity contribution in [3.63, 3.8) is 0 Å². The summed E-state index contributed by atoms with van der Waals surface area (Å²) in [6.45, 7) is 0. The van der Waals surface area contributed by atoms with Crippen LogP contribution in [0.1, 0.15) is 20.7 Å². The minimum absolute atomic E-state index is 0. The fraction of sp³-hybridized carbons (Fsp3) is 0.200. The molecule has 99 valence electrons. The first kappa shape index (κ1) is 18.1. The number of rotatable bonds is 3. The van der Waals surface area contributed by atoms with Crippen molar-refractivity contribution in [3.05, 3.63) is 29.3 Å². The van der Waals surface area contributed by atoms with Crippen molar-refractivity contribution in [2.24, 2.45) is 0 Å². The van der Waals surface area contributed by atoms with Crippen LogP contribution in [0.4, 0.5) is 0 Å². The molecular formula is C10H10NaO7S. The van der Waals surface area contributed by atoms with Gasteiger partial charge in [-0.2, -0.15) is 8.42 Å². The van der Waals surface area contributed by atoms with E-state index >= 15 is 0 Å². The summed E-state index contributed by atoms with van der Waals surface area (Å²) in [6.07, 6.45) is 0. The van der Waals surface area contributed by atoms with Gasteiger partial charge >= 0.3 is 11.9 Å². The van der Waals surface area contributed by atoms with E-state index in [0.29, 0.717) is 0 Å². The number of hydrogen-bond donors (Lipinski definition) is 1. The average molecular weight is 297 g/mol. The number of hydrogen-bond acceptors (Lipinski definition) is 6. The molecule has 9 heteroatoms. The zero-order valence-electron chi connectivity index (χ0n) is 10.5. The minimum atomic E-state index is -4.66. The van der Waals surface area contributed by atoms with Crippen molar-refractivity contribution >= 4 is 51.6 Å². The molecule has 0 spiro atoms. The fourth-order valence-corrected chi connectivity index (χ4v) is 1.96. The summed E-state index contributed by atoms with van der Waals surface area (Å²) in [7, 11) is -2.49. The number of methoxy groups -OCH3 is 2. The van der Waals surface area contributed by atoms with Gasteiger partial charge in [-0.25, -0.2) is 9.59 Å². The maximum absolute atomic E-state index is 11.3. The molecule has 0 unspecified atom stereocenters. The number of carbonyl (C=O) groups excluding carboxylic acids is 2. The monoisotopic (exact) mass is 297 g/mol. The van der Waals surface area contributed by atoms with E-state index in [1.165, 1.54) is 6.07 Å². The Bertz CT molecular complexity index is 594. The van der Waals surface area contributed by atoms with Crippen molar-refractivity contribution in [1.29, 1.82) is 0 Å². The van der Waals surface area contributed by atoms with Crippen molar-refractivity contribution in [2.45, 2.75) is 4.90 Å². The number of esters is 2. The first-order chi connectivity index (χ1) is 8.31. The Morgan fingerprint density at radius 3 is 2.05 bits per heavy atom.